The third kappa shape index (κ3) is 3.14. The van der Waals surface area contributed by atoms with E-state index in [0.29, 0.717) is 5.82 Å². The van der Waals surface area contributed by atoms with E-state index in [-0.39, 0.29) is 0 Å². The fraction of sp³-hybridized carbons (Fsp3) is 0.238. The van der Waals surface area contributed by atoms with Crippen molar-refractivity contribution < 1.29 is 0 Å². The highest BCUT2D eigenvalue weighted by atomic mass is 15.5. The number of rotatable bonds is 5. The van der Waals surface area contributed by atoms with Gasteiger partial charge in [0.25, 0.3) is 0 Å². The van der Waals surface area contributed by atoms with Crippen LogP contribution < -0.4 is 4.90 Å². The summed E-state index contributed by atoms with van der Waals surface area (Å²) in [6, 6.07) is 18.2. The van der Waals surface area contributed by atoms with Crippen LogP contribution >= 0.6 is 0 Å². The first-order valence-electron chi connectivity index (χ1n) is 9.22. The number of benzene rings is 2. The average Bonchev–Trinajstić information content (AvgIpc) is 3.24. The van der Waals surface area contributed by atoms with Crippen LogP contribution in [0.4, 0.5) is 11.4 Å². The minimum atomic E-state index is 0.680. The number of aromatic nitrogens is 3. The minimum absolute atomic E-state index is 0.680. The third-order valence-corrected chi connectivity index (χ3v) is 4.70. The number of aliphatic imine (C=N–C) groups is 1. The molecule has 0 fully saturated rings. The minimum Gasteiger partial charge on any atom is -0.372 e. The van der Waals surface area contributed by atoms with Gasteiger partial charge >= 0.3 is 0 Å². The molecule has 0 aliphatic carbocycles. The second-order valence-electron chi connectivity index (χ2n) is 6.36. The molecule has 136 valence electrons. The Morgan fingerprint density at radius 2 is 1.56 bits per heavy atom. The van der Waals surface area contributed by atoms with E-state index in [1.807, 2.05) is 49.4 Å². The lowest BCUT2D eigenvalue weighted by Crippen LogP contribution is -2.21. The molecule has 0 N–H and O–H groups in total. The molecule has 0 amide bonds. The summed E-state index contributed by atoms with van der Waals surface area (Å²) in [4.78, 5) is 7.09. The molecule has 27 heavy (non-hydrogen) atoms. The molecule has 1 aliphatic rings. The van der Waals surface area contributed by atoms with Crippen molar-refractivity contribution in [2.45, 2.75) is 20.8 Å². The Morgan fingerprint density at radius 3 is 2.22 bits per heavy atom. The maximum Gasteiger partial charge on any atom is 0.205 e. The molecule has 0 bridgehead atoms. The smallest absolute Gasteiger partial charge is 0.205 e. The monoisotopic (exact) mass is 358 g/mol. The van der Waals surface area contributed by atoms with Crippen molar-refractivity contribution in [2.75, 3.05) is 18.0 Å². The summed E-state index contributed by atoms with van der Waals surface area (Å²) in [5, 5.41) is 13.3. The zero-order chi connectivity index (χ0) is 18.8. The molecule has 4 rings (SSSR count). The highest BCUT2D eigenvalue weighted by Gasteiger charge is 2.26. The largest absolute Gasteiger partial charge is 0.372 e. The molecule has 0 saturated heterocycles. The van der Waals surface area contributed by atoms with E-state index in [4.69, 9.17) is 4.99 Å². The quantitative estimate of drug-likeness (QED) is 0.688. The van der Waals surface area contributed by atoms with Gasteiger partial charge < -0.3 is 4.90 Å². The van der Waals surface area contributed by atoms with E-state index in [1.54, 1.807) is 4.68 Å². The molecule has 0 atom stereocenters. The molecule has 1 aromatic heterocycles. The van der Waals surface area contributed by atoms with Crippen molar-refractivity contribution in [3.63, 3.8) is 0 Å². The molecule has 2 heterocycles. The SMILES string of the molecule is CCN(CC)c1ccc(N=C2C(C)=Nn3c2nnc3-c2ccccc2)cc1. The molecule has 2 aromatic carbocycles. The van der Waals surface area contributed by atoms with Crippen molar-refractivity contribution >= 4 is 22.8 Å². The Kier molecular flexibility index (Phi) is 4.54. The number of fused-ring (bicyclic) bond motifs is 1. The van der Waals surface area contributed by atoms with Crippen LogP contribution in [-0.2, 0) is 0 Å². The van der Waals surface area contributed by atoms with Gasteiger partial charge in [-0.05, 0) is 45.0 Å². The Hall–Kier alpha value is -3.28. The van der Waals surface area contributed by atoms with Crippen LogP contribution in [0.3, 0.4) is 0 Å². The standard InChI is InChI=1S/C21H22N6/c1-4-26(5-2)18-13-11-17(12-14-18)22-19-15(3)25-27-20(23-24-21(19)27)16-9-7-6-8-10-16/h6-14H,4-5H2,1-3H3. The second kappa shape index (κ2) is 7.15. The first-order chi connectivity index (χ1) is 13.2. The molecule has 3 aromatic rings. The first-order valence-corrected chi connectivity index (χ1v) is 9.22. The lowest BCUT2D eigenvalue weighted by molar-refractivity contribution is 0.866. The van der Waals surface area contributed by atoms with E-state index in [2.05, 4.69) is 46.2 Å². The molecule has 6 nitrogen and oxygen atoms in total. The van der Waals surface area contributed by atoms with Gasteiger partial charge in [0.2, 0.25) is 5.82 Å². The van der Waals surface area contributed by atoms with Gasteiger partial charge in [0, 0.05) is 24.3 Å². The van der Waals surface area contributed by atoms with E-state index in [9.17, 15) is 0 Å². The molecule has 6 heteroatoms. The maximum absolute atomic E-state index is 4.78. The summed E-state index contributed by atoms with van der Waals surface area (Å²) < 4.78 is 1.77. The average molecular weight is 358 g/mol. The first kappa shape index (κ1) is 17.1. The van der Waals surface area contributed by atoms with Crippen LogP contribution in [0.1, 0.15) is 26.6 Å². The third-order valence-electron chi connectivity index (χ3n) is 4.70. The summed E-state index contributed by atoms with van der Waals surface area (Å²) in [6.07, 6.45) is 0. The van der Waals surface area contributed by atoms with Gasteiger partial charge in [0.1, 0.15) is 5.71 Å². The fourth-order valence-corrected chi connectivity index (χ4v) is 3.24. The zero-order valence-electron chi connectivity index (χ0n) is 15.8. The van der Waals surface area contributed by atoms with Gasteiger partial charge in [-0.1, -0.05) is 30.3 Å². The van der Waals surface area contributed by atoms with Crippen molar-refractivity contribution in [2.24, 2.45) is 10.1 Å². The van der Waals surface area contributed by atoms with Gasteiger partial charge in [-0.2, -0.15) is 9.78 Å². The van der Waals surface area contributed by atoms with Crippen LogP contribution in [-0.4, -0.2) is 39.4 Å². The number of hydrogen-bond acceptors (Lipinski definition) is 5. The highest BCUT2D eigenvalue weighted by molar-refractivity contribution is 6.48. The summed E-state index contributed by atoms with van der Waals surface area (Å²) >= 11 is 0. The summed E-state index contributed by atoms with van der Waals surface area (Å²) in [7, 11) is 0. The van der Waals surface area contributed by atoms with Crippen LogP contribution in [0.5, 0.6) is 0 Å². The molecule has 0 radical (unpaired) electrons. The van der Waals surface area contributed by atoms with Crippen molar-refractivity contribution in [3.8, 4) is 11.4 Å². The maximum atomic E-state index is 4.78. The van der Waals surface area contributed by atoms with Crippen molar-refractivity contribution in [1.29, 1.82) is 0 Å². The summed E-state index contributed by atoms with van der Waals surface area (Å²) in [5.41, 5.74) is 4.67. The second-order valence-corrected chi connectivity index (χ2v) is 6.36. The predicted molar refractivity (Wildman–Crippen MR) is 110 cm³/mol. The fourth-order valence-electron chi connectivity index (χ4n) is 3.24. The zero-order valence-corrected chi connectivity index (χ0v) is 15.8. The normalized spacial score (nSPS) is 14.3. The van der Waals surface area contributed by atoms with E-state index >= 15 is 0 Å². The topological polar surface area (TPSA) is 58.7 Å². The van der Waals surface area contributed by atoms with Crippen LogP contribution in [0.15, 0.2) is 64.7 Å². The van der Waals surface area contributed by atoms with E-state index in [0.717, 1.165) is 41.6 Å². The lowest BCUT2D eigenvalue weighted by Gasteiger charge is -2.20. The van der Waals surface area contributed by atoms with Crippen LogP contribution in [0.2, 0.25) is 0 Å². The van der Waals surface area contributed by atoms with Crippen molar-refractivity contribution in [3.05, 3.63) is 60.4 Å². The van der Waals surface area contributed by atoms with Gasteiger partial charge in [-0.25, -0.2) is 4.99 Å². The molecule has 0 saturated carbocycles. The number of hydrogen-bond donors (Lipinski definition) is 0. The van der Waals surface area contributed by atoms with Crippen LogP contribution in [0.25, 0.3) is 11.4 Å². The Labute approximate surface area is 158 Å². The van der Waals surface area contributed by atoms with Gasteiger partial charge in [0.05, 0.1) is 11.4 Å². The van der Waals surface area contributed by atoms with Crippen molar-refractivity contribution in [1.82, 2.24) is 14.9 Å². The lowest BCUT2D eigenvalue weighted by atomic mass is 10.2. The molecule has 0 spiro atoms. The van der Waals surface area contributed by atoms with Gasteiger partial charge in [-0.3, -0.25) is 0 Å². The van der Waals surface area contributed by atoms with E-state index < -0.39 is 0 Å². The Balaban J connectivity index is 1.67. The number of nitrogens with zero attached hydrogens (tertiary/aromatic N) is 6. The Bertz CT molecular complexity index is 995. The molecule has 1 aliphatic heterocycles. The summed E-state index contributed by atoms with van der Waals surface area (Å²) in [6.45, 7) is 8.25. The molecular weight excluding hydrogens is 336 g/mol. The predicted octanol–water partition coefficient (Wildman–Crippen LogP) is 4.15. The molecule has 0 unspecified atom stereocenters. The highest BCUT2D eigenvalue weighted by Crippen LogP contribution is 2.25. The van der Waals surface area contributed by atoms with Gasteiger partial charge in [-0.15, -0.1) is 10.2 Å². The Morgan fingerprint density at radius 1 is 0.889 bits per heavy atom. The summed E-state index contributed by atoms with van der Waals surface area (Å²) in [5.74, 6) is 1.41. The molecular formula is C21H22N6. The van der Waals surface area contributed by atoms with Gasteiger partial charge in [0.15, 0.2) is 5.82 Å². The number of anilines is 1. The van der Waals surface area contributed by atoms with Crippen LogP contribution in [0, 0.1) is 0 Å². The van der Waals surface area contributed by atoms with E-state index in [1.165, 1.54) is 5.69 Å².